The number of pyridine rings is 1. The molecule has 0 radical (unpaired) electrons. The normalized spacial score (nSPS) is 19.3. The van der Waals surface area contributed by atoms with Gasteiger partial charge in [-0.2, -0.15) is 0 Å². The SMILES string of the molecule is O=C(C=CC1CCCCC1)NC(N1CCCN(c2cccc3cccnc23)C1=S)C(Cl)(Cl)Cl. The molecule has 1 aromatic heterocycles. The van der Waals surface area contributed by atoms with Crippen molar-refractivity contribution in [2.24, 2.45) is 5.92 Å². The topological polar surface area (TPSA) is 48.5 Å². The summed E-state index contributed by atoms with van der Waals surface area (Å²) in [6.45, 7) is 1.28. The first kappa shape index (κ1) is 24.5. The van der Waals surface area contributed by atoms with Crippen LogP contribution in [-0.2, 0) is 4.79 Å². The van der Waals surface area contributed by atoms with Gasteiger partial charge in [-0.3, -0.25) is 9.78 Å². The van der Waals surface area contributed by atoms with Crippen molar-refractivity contribution in [2.75, 3.05) is 18.0 Å². The van der Waals surface area contributed by atoms with Crippen molar-refractivity contribution in [3.63, 3.8) is 0 Å². The number of nitrogens with one attached hydrogen (secondary N) is 1. The lowest BCUT2D eigenvalue weighted by molar-refractivity contribution is -0.118. The first-order valence-corrected chi connectivity index (χ1v) is 12.9. The minimum absolute atomic E-state index is 0.288. The second-order valence-corrected chi connectivity index (χ2v) is 11.3. The number of benzene rings is 1. The molecule has 1 saturated heterocycles. The van der Waals surface area contributed by atoms with E-state index in [0.717, 1.165) is 35.9 Å². The van der Waals surface area contributed by atoms with E-state index in [0.29, 0.717) is 24.1 Å². The number of hydrogen-bond acceptors (Lipinski definition) is 3. The molecule has 9 heteroatoms. The van der Waals surface area contributed by atoms with Crippen molar-refractivity contribution in [2.45, 2.75) is 48.5 Å². The Labute approximate surface area is 215 Å². The van der Waals surface area contributed by atoms with Gasteiger partial charge in [-0.05, 0) is 55.6 Å². The van der Waals surface area contributed by atoms with E-state index in [2.05, 4.69) is 10.3 Å². The highest BCUT2D eigenvalue weighted by Crippen LogP contribution is 2.35. The molecule has 0 bridgehead atoms. The van der Waals surface area contributed by atoms with Crippen LogP contribution in [0.1, 0.15) is 38.5 Å². The van der Waals surface area contributed by atoms with E-state index in [1.807, 2.05) is 41.3 Å². The van der Waals surface area contributed by atoms with Gasteiger partial charge in [0.25, 0.3) is 0 Å². The summed E-state index contributed by atoms with van der Waals surface area (Å²) >= 11 is 24.9. The summed E-state index contributed by atoms with van der Waals surface area (Å²) in [7, 11) is 0. The molecule has 1 amide bonds. The zero-order valence-corrected chi connectivity index (χ0v) is 21.3. The maximum atomic E-state index is 12.8. The fraction of sp³-hybridized carbons (Fsp3) is 0.458. The second kappa shape index (κ2) is 10.8. The number of fused-ring (bicyclic) bond motifs is 1. The molecular weight excluding hydrogens is 499 g/mol. The van der Waals surface area contributed by atoms with E-state index in [9.17, 15) is 4.79 Å². The Bertz CT molecular complexity index is 1030. The number of nitrogens with zero attached hydrogens (tertiary/aromatic N) is 3. The molecule has 33 heavy (non-hydrogen) atoms. The maximum Gasteiger partial charge on any atom is 0.245 e. The minimum atomic E-state index is -1.77. The average molecular weight is 526 g/mol. The van der Waals surface area contributed by atoms with Crippen LogP contribution in [0.15, 0.2) is 48.7 Å². The van der Waals surface area contributed by atoms with Gasteiger partial charge in [-0.1, -0.05) is 78.3 Å². The molecule has 1 saturated carbocycles. The number of carbonyl (C=O) groups is 1. The average Bonchev–Trinajstić information content (AvgIpc) is 2.81. The standard InChI is InChI=1S/C24H27Cl3N4OS/c25-24(26,27)22(29-20(32)13-12-17-7-2-1-3-8-17)31-16-6-15-30(23(31)33)19-11-4-9-18-10-5-14-28-21(18)19/h4-5,9-14,17,22H,1-3,6-8,15-16H2,(H,29,32). The van der Waals surface area contributed by atoms with Crippen molar-refractivity contribution < 1.29 is 4.79 Å². The lowest BCUT2D eigenvalue weighted by atomic mass is 9.89. The molecule has 5 nitrogen and oxygen atoms in total. The number of rotatable bonds is 5. The van der Waals surface area contributed by atoms with Gasteiger partial charge in [-0.15, -0.1) is 0 Å². The smallest absolute Gasteiger partial charge is 0.245 e. The number of thiocarbonyl (C=S) groups is 1. The summed E-state index contributed by atoms with van der Waals surface area (Å²) in [6, 6.07) is 9.90. The Balaban J connectivity index is 1.54. The molecule has 4 rings (SSSR count). The van der Waals surface area contributed by atoms with Crippen molar-refractivity contribution in [3.05, 3.63) is 48.7 Å². The third-order valence-corrected chi connectivity index (χ3v) is 7.30. The second-order valence-electron chi connectivity index (χ2n) is 8.54. The summed E-state index contributed by atoms with van der Waals surface area (Å²) < 4.78 is -1.77. The number of carbonyl (C=O) groups excluding carboxylic acids is 1. The Morgan fingerprint density at radius 2 is 1.88 bits per heavy atom. The van der Waals surface area contributed by atoms with Gasteiger partial charge >= 0.3 is 0 Å². The van der Waals surface area contributed by atoms with Gasteiger partial charge in [0.2, 0.25) is 9.70 Å². The molecule has 1 atom stereocenters. The number of para-hydroxylation sites is 1. The van der Waals surface area contributed by atoms with Crippen molar-refractivity contribution >= 4 is 74.6 Å². The Hall–Kier alpha value is -1.60. The van der Waals surface area contributed by atoms with Crippen LogP contribution >= 0.6 is 47.0 Å². The summed E-state index contributed by atoms with van der Waals surface area (Å²) in [4.78, 5) is 21.1. The Morgan fingerprint density at radius 1 is 1.12 bits per heavy atom. The summed E-state index contributed by atoms with van der Waals surface area (Å²) in [5.74, 6) is 0.143. The van der Waals surface area contributed by atoms with Gasteiger partial charge in [0.05, 0.1) is 11.2 Å². The van der Waals surface area contributed by atoms with E-state index in [1.54, 1.807) is 17.2 Å². The number of aromatic nitrogens is 1. The van der Waals surface area contributed by atoms with Crippen LogP contribution in [0.5, 0.6) is 0 Å². The number of hydrogen-bond donors (Lipinski definition) is 1. The van der Waals surface area contributed by atoms with E-state index in [4.69, 9.17) is 47.0 Å². The third-order valence-electron chi connectivity index (χ3n) is 6.23. The Morgan fingerprint density at radius 3 is 2.64 bits per heavy atom. The number of alkyl halides is 3. The van der Waals surface area contributed by atoms with Crippen molar-refractivity contribution in [1.29, 1.82) is 0 Å². The summed E-state index contributed by atoms with van der Waals surface area (Å²) in [5.41, 5.74) is 1.75. The van der Waals surface area contributed by atoms with E-state index in [-0.39, 0.29) is 5.91 Å². The maximum absolute atomic E-state index is 12.8. The molecule has 1 unspecified atom stereocenters. The molecule has 1 aromatic carbocycles. The molecule has 0 spiro atoms. The fourth-order valence-electron chi connectivity index (χ4n) is 4.58. The van der Waals surface area contributed by atoms with Gasteiger partial charge in [0.1, 0.15) is 0 Å². The van der Waals surface area contributed by atoms with Crippen molar-refractivity contribution in [1.82, 2.24) is 15.2 Å². The van der Waals surface area contributed by atoms with Crippen LogP contribution in [0.3, 0.4) is 0 Å². The number of halogens is 3. The van der Waals surface area contributed by atoms with E-state index >= 15 is 0 Å². The molecular formula is C24H27Cl3N4OS. The zero-order chi connectivity index (χ0) is 23.4. The largest absolute Gasteiger partial charge is 0.328 e. The Kier molecular flexibility index (Phi) is 8.00. The first-order chi connectivity index (χ1) is 15.8. The molecule has 1 aliphatic carbocycles. The lowest BCUT2D eigenvalue weighted by Gasteiger charge is -2.44. The van der Waals surface area contributed by atoms with Crippen LogP contribution < -0.4 is 10.2 Å². The highest BCUT2D eigenvalue weighted by atomic mass is 35.6. The van der Waals surface area contributed by atoms with Gasteiger partial charge in [-0.25, -0.2) is 0 Å². The molecule has 1 aliphatic heterocycles. The fourth-order valence-corrected chi connectivity index (χ4v) is 5.49. The van der Waals surface area contributed by atoms with E-state index in [1.165, 1.54) is 19.3 Å². The third kappa shape index (κ3) is 5.91. The predicted octanol–water partition coefficient (Wildman–Crippen LogP) is 5.98. The number of allylic oxidation sites excluding steroid dienone is 1. The van der Waals surface area contributed by atoms with E-state index < -0.39 is 9.96 Å². The van der Waals surface area contributed by atoms with Crippen molar-refractivity contribution in [3.8, 4) is 0 Å². The van der Waals surface area contributed by atoms with Gasteiger partial charge in [0.15, 0.2) is 11.3 Å². The van der Waals surface area contributed by atoms with Gasteiger partial charge < -0.3 is 15.1 Å². The monoisotopic (exact) mass is 524 g/mol. The first-order valence-electron chi connectivity index (χ1n) is 11.3. The lowest BCUT2D eigenvalue weighted by Crippen LogP contribution is -2.62. The molecule has 2 fully saturated rings. The van der Waals surface area contributed by atoms with Gasteiger partial charge in [0, 0.05) is 24.7 Å². The van der Waals surface area contributed by atoms with Crippen LogP contribution in [-0.4, -0.2) is 44.0 Å². The van der Waals surface area contributed by atoms with Crippen LogP contribution in [0.4, 0.5) is 5.69 Å². The highest BCUT2D eigenvalue weighted by molar-refractivity contribution is 7.80. The van der Waals surface area contributed by atoms with Crippen LogP contribution in [0.25, 0.3) is 10.9 Å². The summed E-state index contributed by atoms with van der Waals surface area (Å²) in [5, 5.41) is 4.40. The quantitative estimate of drug-likeness (QED) is 0.296. The zero-order valence-electron chi connectivity index (χ0n) is 18.2. The number of anilines is 1. The molecule has 176 valence electrons. The molecule has 1 N–H and O–H groups in total. The summed E-state index contributed by atoms with van der Waals surface area (Å²) in [6.07, 6.45) is 11.1. The predicted molar refractivity (Wildman–Crippen MR) is 141 cm³/mol. The molecule has 2 heterocycles. The highest BCUT2D eigenvalue weighted by Gasteiger charge is 2.42. The van der Waals surface area contributed by atoms with Crippen LogP contribution in [0.2, 0.25) is 0 Å². The molecule has 2 aliphatic rings. The van der Waals surface area contributed by atoms with Crippen LogP contribution in [0, 0.1) is 5.92 Å². The number of amides is 1. The minimum Gasteiger partial charge on any atom is -0.328 e. The molecule has 2 aromatic rings.